The molecule has 0 fully saturated rings. The molecule has 6 nitrogen and oxygen atoms in total. The van der Waals surface area contributed by atoms with Crippen LogP contribution in [0.3, 0.4) is 0 Å². The molecule has 0 aliphatic carbocycles. The van der Waals surface area contributed by atoms with Gasteiger partial charge in [-0.3, -0.25) is 4.79 Å². The minimum atomic E-state index is 0.0280. The van der Waals surface area contributed by atoms with E-state index in [-0.39, 0.29) is 5.91 Å². The van der Waals surface area contributed by atoms with Crippen molar-refractivity contribution in [3.05, 3.63) is 58.9 Å². The van der Waals surface area contributed by atoms with E-state index in [9.17, 15) is 4.79 Å². The summed E-state index contributed by atoms with van der Waals surface area (Å²) in [6.45, 7) is 1.07. The van der Waals surface area contributed by atoms with Gasteiger partial charge in [0.05, 0.1) is 31.5 Å². The molecule has 0 bridgehead atoms. The highest BCUT2D eigenvalue weighted by atomic mass is 32.1. The maximum absolute atomic E-state index is 12.0. The molecule has 7 heteroatoms. The fraction of sp³-hybridized carbons (Fsp3) is 0.304. The Kier molecular flexibility index (Phi) is 8.09. The summed E-state index contributed by atoms with van der Waals surface area (Å²) in [5.74, 6) is 2.41. The van der Waals surface area contributed by atoms with Gasteiger partial charge < -0.3 is 19.5 Å². The number of benzene rings is 2. The highest BCUT2D eigenvalue weighted by Gasteiger charge is 2.06. The molecule has 30 heavy (non-hydrogen) atoms. The van der Waals surface area contributed by atoms with E-state index in [4.69, 9.17) is 14.2 Å². The van der Waals surface area contributed by atoms with Crippen LogP contribution in [0.1, 0.15) is 17.8 Å². The van der Waals surface area contributed by atoms with Crippen LogP contribution in [0.5, 0.6) is 17.2 Å². The maximum atomic E-state index is 12.0. The van der Waals surface area contributed by atoms with Crippen LogP contribution in [0.25, 0.3) is 11.3 Å². The zero-order valence-corrected chi connectivity index (χ0v) is 18.0. The van der Waals surface area contributed by atoms with Crippen molar-refractivity contribution in [2.24, 2.45) is 0 Å². The van der Waals surface area contributed by atoms with Gasteiger partial charge in [-0.15, -0.1) is 11.3 Å². The first kappa shape index (κ1) is 21.6. The van der Waals surface area contributed by atoms with E-state index in [0.29, 0.717) is 26.0 Å². The lowest BCUT2D eigenvalue weighted by Gasteiger charge is -2.07. The summed E-state index contributed by atoms with van der Waals surface area (Å²) in [5.41, 5.74) is 2.00. The summed E-state index contributed by atoms with van der Waals surface area (Å²) in [5, 5.41) is 5.99. The highest BCUT2D eigenvalue weighted by Crippen LogP contribution is 2.24. The lowest BCUT2D eigenvalue weighted by molar-refractivity contribution is -0.121. The van der Waals surface area contributed by atoms with Gasteiger partial charge >= 0.3 is 0 Å². The molecule has 0 unspecified atom stereocenters. The summed E-state index contributed by atoms with van der Waals surface area (Å²) in [6.07, 6.45) is 1.82. The normalized spacial score (nSPS) is 10.5. The molecule has 3 aromatic rings. The van der Waals surface area contributed by atoms with Gasteiger partial charge in [-0.2, -0.15) is 0 Å². The fourth-order valence-corrected chi connectivity index (χ4v) is 3.62. The number of carbonyl (C=O) groups is 1. The molecule has 0 saturated heterocycles. The Morgan fingerprint density at radius 1 is 0.967 bits per heavy atom. The summed E-state index contributed by atoms with van der Waals surface area (Å²) in [6, 6.07) is 15.2. The van der Waals surface area contributed by atoms with Crippen LogP contribution in [-0.4, -0.2) is 38.3 Å². The number of rotatable bonds is 11. The maximum Gasteiger partial charge on any atom is 0.220 e. The average Bonchev–Trinajstić information content (AvgIpc) is 3.26. The molecule has 1 amide bonds. The lowest BCUT2D eigenvalue weighted by Crippen LogP contribution is -2.25. The molecule has 0 aliphatic rings. The Morgan fingerprint density at radius 2 is 1.60 bits per heavy atom. The van der Waals surface area contributed by atoms with Crippen LogP contribution >= 0.6 is 11.3 Å². The number of carbonyl (C=O) groups excluding carboxylic acids is 1. The van der Waals surface area contributed by atoms with Gasteiger partial charge in [0, 0.05) is 30.3 Å². The Hall–Kier alpha value is -3.06. The zero-order valence-electron chi connectivity index (χ0n) is 17.2. The molecule has 1 heterocycles. The number of nitrogens with zero attached hydrogens (tertiary/aromatic N) is 1. The van der Waals surface area contributed by atoms with Gasteiger partial charge in [0.2, 0.25) is 5.91 Å². The summed E-state index contributed by atoms with van der Waals surface area (Å²) in [7, 11) is 3.28. The van der Waals surface area contributed by atoms with E-state index in [1.165, 1.54) is 0 Å². The number of nitrogens with one attached hydrogen (secondary N) is 1. The second kappa shape index (κ2) is 11.2. The van der Waals surface area contributed by atoms with Crippen molar-refractivity contribution in [3.63, 3.8) is 0 Å². The van der Waals surface area contributed by atoms with Crippen molar-refractivity contribution in [1.82, 2.24) is 10.3 Å². The van der Waals surface area contributed by atoms with E-state index in [0.717, 1.165) is 39.9 Å². The molecular weight excluding hydrogens is 400 g/mol. The number of aromatic nitrogens is 1. The summed E-state index contributed by atoms with van der Waals surface area (Å²) in [4.78, 5) is 16.7. The summed E-state index contributed by atoms with van der Waals surface area (Å²) < 4.78 is 15.9. The monoisotopic (exact) mass is 426 g/mol. The molecule has 158 valence electrons. The standard InChI is InChI=1S/C23H26N2O4S/c1-27-18-7-5-17(6-8-18)21-16-30-23(25-21)13-14-24-22(26)4-3-15-29-20-11-9-19(28-2)10-12-20/h5-12,16H,3-4,13-15H2,1-2H3,(H,24,26). The molecule has 1 N–H and O–H groups in total. The van der Waals surface area contributed by atoms with E-state index in [1.54, 1.807) is 25.6 Å². The molecule has 0 aliphatic heterocycles. The molecule has 0 saturated carbocycles. The fourth-order valence-electron chi connectivity index (χ4n) is 2.81. The number of thiazole rings is 1. The van der Waals surface area contributed by atoms with Crippen LogP contribution < -0.4 is 19.5 Å². The topological polar surface area (TPSA) is 69.7 Å². The van der Waals surface area contributed by atoms with Gasteiger partial charge in [-0.05, 0) is 55.0 Å². The van der Waals surface area contributed by atoms with Crippen LogP contribution in [0.2, 0.25) is 0 Å². The molecule has 2 aromatic carbocycles. The molecular formula is C23H26N2O4S. The van der Waals surface area contributed by atoms with Crippen molar-refractivity contribution < 1.29 is 19.0 Å². The quantitative estimate of drug-likeness (QED) is 0.462. The van der Waals surface area contributed by atoms with Gasteiger partial charge in [0.1, 0.15) is 17.2 Å². The lowest BCUT2D eigenvalue weighted by atomic mass is 10.2. The average molecular weight is 427 g/mol. The van der Waals surface area contributed by atoms with E-state index in [1.807, 2.05) is 53.9 Å². The first-order valence-corrected chi connectivity index (χ1v) is 10.7. The second-order valence-electron chi connectivity index (χ2n) is 6.58. The van der Waals surface area contributed by atoms with E-state index >= 15 is 0 Å². The smallest absolute Gasteiger partial charge is 0.220 e. The third-order valence-electron chi connectivity index (χ3n) is 4.47. The molecule has 3 rings (SSSR count). The molecule has 0 atom stereocenters. The van der Waals surface area contributed by atoms with E-state index in [2.05, 4.69) is 10.3 Å². The number of hydrogen-bond donors (Lipinski definition) is 1. The van der Waals surface area contributed by atoms with Crippen molar-refractivity contribution in [2.75, 3.05) is 27.4 Å². The minimum absolute atomic E-state index is 0.0280. The zero-order chi connectivity index (χ0) is 21.2. The number of ether oxygens (including phenoxy) is 3. The first-order chi connectivity index (χ1) is 14.7. The Morgan fingerprint density at radius 3 is 2.27 bits per heavy atom. The number of hydrogen-bond acceptors (Lipinski definition) is 6. The Labute approximate surface area is 180 Å². The number of methoxy groups -OCH3 is 2. The van der Waals surface area contributed by atoms with E-state index < -0.39 is 0 Å². The van der Waals surface area contributed by atoms with Crippen LogP contribution in [0.4, 0.5) is 0 Å². The van der Waals surface area contributed by atoms with Gasteiger partial charge in [-0.1, -0.05) is 0 Å². The molecule has 0 spiro atoms. The van der Waals surface area contributed by atoms with Gasteiger partial charge in [0.25, 0.3) is 0 Å². The van der Waals surface area contributed by atoms with Gasteiger partial charge in [0.15, 0.2) is 0 Å². The first-order valence-electron chi connectivity index (χ1n) is 9.80. The SMILES string of the molecule is COc1ccc(OCCCC(=O)NCCc2nc(-c3ccc(OC)cc3)cs2)cc1. The van der Waals surface area contributed by atoms with Crippen molar-refractivity contribution in [2.45, 2.75) is 19.3 Å². The Balaban J connectivity index is 1.32. The minimum Gasteiger partial charge on any atom is -0.497 e. The predicted octanol–water partition coefficient (Wildman–Crippen LogP) is 4.35. The predicted molar refractivity (Wildman–Crippen MR) is 119 cm³/mol. The molecule has 1 aromatic heterocycles. The van der Waals surface area contributed by atoms with Crippen molar-refractivity contribution >= 4 is 17.2 Å². The number of amides is 1. The third kappa shape index (κ3) is 6.49. The van der Waals surface area contributed by atoms with Crippen LogP contribution in [-0.2, 0) is 11.2 Å². The van der Waals surface area contributed by atoms with Crippen LogP contribution in [0.15, 0.2) is 53.9 Å². The molecule has 0 radical (unpaired) electrons. The highest BCUT2D eigenvalue weighted by molar-refractivity contribution is 7.09. The second-order valence-corrected chi connectivity index (χ2v) is 7.53. The van der Waals surface area contributed by atoms with Gasteiger partial charge in [-0.25, -0.2) is 4.98 Å². The largest absolute Gasteiger partial charge is 0.497 e. The van der Waals surface area contributed by atoms with Crippen molar-refractivity contribution in [1.29, 1.82) is 0 Å². The van der Waals surface area contributed by atoms with Crippen molar-refractivity contribution in [3.8, 4) is 28.5 Å². The Bertz CT molecular complexity index is 923. The summed E-state index contributed by atoms with van der Waals surface area (Å²) >= 11 is 1.61. The third-order valence-corrected chi connectivity index (χ3v) is 5.38. The van der Waals surface area contributed by atoms with Crippen LogP contribution in [0, 0.1) is 0 Å².